The molecule has 0 spiro atoms. The fraction of sp³-hybridized carbons (Fsp3) is 0.0625. The average Bonchev–Trinajstić information content (AvgIpc) is 2.47. The summed E-state index contributed by atoms with van der Waals surface area (Å²) in [6, 6.07) is 15.5. The van der Waals surface area contributed by atoms with E-state index in [0.717, 1.165) is 22.5 Å². The Hall–Kier alpha value is -2.26. The van der Waals surface area contributed by atoms with Crippen molar-refractivity contribution in [2.24, 2.45) is 0 Å². The van der Waals surface area contributed by atoms with Gasteiger partial charge in [0.1, 0.15) is 5.15 Å². The molecule has 0 atom stereocenters. The number of benzene rings is 1. The number of rotatable bonds is 2. The van der Waals surface area contributed by atoms with E-state index >= 15 is 0 Å². The zero-order valence-corrected chi connectivity index (χ0v) is 11.7. The number of pyridine rings is 1. The lowest BCUT2D eigenvalue weighted by Crippen LogP contribution is -1.93. The molecule has 0 aliphatic rings. The third-order valence-corrected chi connectivity index (χ3v) is 3.11. The van der Waals surface area contributed by atoms with Crippen molar-refractivity contribution < 1.29 is 0 Å². The quantitative estimate of drug-likeness (QED) is 0.662. The van der Waals surface area contributed by atoms with E-state index in [0.29, 0.717) is 11.0 Å². The van der Waals surface area contributed by atoms with Crippen molar-refractivity contribution in [1.29, 1.82) is 0 Å². The van der Waals surface area contributed by atoms with Crippen molar-refractivity contribution in [1.82, 2.24) is 15.0 Å². The molecular formula is C16H12ClN3. The standard InChI is InChI=1S/C16H12ClN3/c1-11-9-13(7-8-18-11)14-10-15(17)20-16(19-14)12-5-3-2-4-6-12/h2-10H,1H3. The SMILES string of the molecule is Cc1cc(-c2cc(Cl)nc(-c3ccccc3)n2)ccn1. The second-order valence-corrected chi connectivity index (χ2v) is 4.84. The lowest BCUT2D eigenvalue weighted by Gasteiger charge is -2.06. The molecule has 0 bridgehead atoms. The number of aryl methyl sites for hydroxylation is 1. The topological polar surface area (TPSA) is 38.7 Å². The minimum absolute atomic E-state index is 0.434. The third-order valence-electron chi connectivity index (χ3n) is 2.92. The van der Waals surface area contributed by atoms with Gasteiger partial charge in [0.25, 0.3) is 0 Å². The molecule has 4 heteroatoms. The van der Waals surface area contributed by atoms with Gasteiger partial charge < -0.3 is 0 Å². The first kappa shape index (κ1) is 12.8. The van der Waals surface area contributed by atoms with Crippen LogP contribution in [0.2, 0.25) is 5.15 Å². The maximum absolute atomic E-state index is 6.12. The molecule has 2 heterocycles. The van der Waals surface area contributed by atoms with Gasteiger partial charge in [0, 0.05) is 29.1 Å². The van der Waals surface area contributed by atoms with E-state index in [1.165, 1.54) is 0 Å². The van der Waals surface area contributed by atoms with Crippen molar-refractivity contribution >= 4 is 11.6 Å². The van der Waals surface area contributed by atoms with Gasteiger partial charge in [-0.15, -0.1) is 0 Å². The Labute approximate surface area is 122 Å². The van der Waals surface area contributed by atoms with Crippen LogP contribution in [0.5, 0.6) is 0 Å². The minimum atomic E-state index is 0.434. The van der Waals surface area contributed by atoms with Crippen LogP contribution in [0, 0.1) is 6.92 Å². The Morgan fingerprint density at radius 3 is 2.45 bits per heavy atom. The number of nitrogens with zero attached hydrogens (tertiary/aromatic N) is 3. The molecule has 0 N–H and O–H groups in total. The summed E-state index contributed by atoms with van der Waals surface area (Å²) in [4.78, 5) is 13.1. The summed E-state index contributed by atoms with van der Waals surface area (Å²) in [5, 5.41) is 0.434. The summed E-state index contributed by atoms with van der Waals surface area (Å²) in [5.41, 5.74) is 3.67. The first-order valence-electron chi connectivity index (χ1n) is 6.25. The molecule has 0 saturated heterocycles. The Bertz CT molecular complexity index is 742. The highest BCUT2D eigenvalue weighted by molar-refractivity contribution is 6.29. The monoisotopic (exact) mass is 281 g/mol. The summed E-state index contributed by atoms with van der Waals surface area (Å²) in [5.74, 6) is 0.627. The molecule has 3 nitrogen and oxygen atoms in total. The zero-order chi connectivity index (χ0) is 13.9. The predicted molar refractivity (Wildman–Crippen MR) is 80.4 cm³/mol. The minimum Gasteiger partial charge on any atom is -0.262 e. The molecule has 2 aromatic heterocycles. The van der Waals surface area contributed by atoms with Crippen LogP contribution in [0.3, 0.4) is 0 Å². The summed E-state index contributed by atoms with van der Waals surface area (Å²) in [6.45, 7) is 1.95. The van der Waals surface area contributed by atoms with Gasteiger partial charge in [-0.1, -0.05) is 41.9 Å². The van der Waals surface area contributed by atoms with E-state index in [2.05, 4.69) is 15.0 Å². The molecule has 0 fully saturated rings. The molecule has 0 unspecified atom stereocenters. The Kier molecular flexibility index (Phi) is 3.44. The number of aromatic nitrogens is 3. The van der Waals surface area contributed by atoms with Gasteiger partial charge in [0.2, 0.25) is 0 Å². The smallest absolute Gasteiger partial charge is 0.161 e. The zero-order valence-electron chi connectivity index (χ0n) is 10.9. The second kappa shape index (κ2) is 5.39. The van der Waals surface area contributed by atoms with Gasteiger partial charge in [-0.3, -0.25) is 4.98 Å². The van der Waals surface area contributed by atoms with E-state index in [4.69, 9.17) is 11.6 Å². The van der Waals surface area contributed by atoms with E-state index in [9.17, 15) is 0 Å². The average molecular weight is 282 g/mol. The first-order valence-corrected chi connectivity index (χ1v) is 6.63. The summed E-state index contributed by atoms with van der Waals surface area (Å²) in [6.07, 6.45) is 1.77. The van der Waals surface area contributed by atoms with Crippen LogP contribution in [0.1, 0.15) is 5.69 Å². The van der Waals surface area contributed by atoms with Gasteiger partial charge in [0.05, 0.1) is 5.69 Å². The molecule has 0 saturated carbocycles. The van der Waals surface area contributed by atoms with Crippen LogP contribution in [0.4, 0.5) is 0 Å². The summed E-state index contributed by atoms with van der Waals surface area (Å²) in [7, 11) is 0. The number of hydrogen-bond donors (Lipinski definition) is 0. The first-order chi connectivity index (χ1) is 9.72. The normalized spacial score (nSPS) is 10.5. The molecule has 0 aliphatic heterocycles. The van der Waals surface area contributed by atoms with E-state index < -0.39 is 0 Å². The van der Waals surface area contributed by atoms with Crippen molar-refractivity contribution in [3.8, 4) is 22.6 Å². The molecule has 0 radical (unpaired) electrons. The van der Waals surface area contributed by atoms with Crippen LogP contribution in [-0.2, 0) is 0 Å². The Balaban J connectivity index is 2.12. The molecule has 3 aromatic rings. The molecule has 3 rings (SSSR count). The van der Waals surface area contributed by atoms with Crippen molar-refractivity contribution in [2.45, 2.75) is 6.92 Å². The van der Waals surface area contributed by atoms with Crippen LogP contribution in [-0.4, -0.2) is 15.0 Å². The lowest BCUT2D eigenvalue weighted by molar-refractivity contribution is 1.16. The van der Waals surface area contributed by atoms with Crippen LogP contribution in [0.25, 0.3) is 22.6 Å². The third kappa shape index (κ3) is 2.68. The maximum atomic E-state index is 6.12. The van der Waals surface area contributed by atoms with E-state index in [1.54, 1.807) is 12.3 Å². The van der Waals surface area contributed by atoms with Crippen LogP contribution in [0.15, 0.2) is 54.7 Å². The van der Waals surface area contributed by atoms with Crippen molar-refractivity contribution in [3.05, 3.63) is 65.6 Å². The number of halogens is 1. The van der Waals surface area contributed by atoms with Gasteiger partial charge in [-0.05, 0) is 19.1 Å². The van der Waals surface area contributed by atoms with Crippen molar-refractivity contribution in [3.63, 3.8) is 0 Å². The highest BCUT2D eigenvalue weighted by Gasteiger charge is 2.07. The summed E-state index contributed by atoms with van der Waals surface area (Å²) < 4.78 is 0. The predicted octanol–water partition coefficient (Wildman–Crippen LogP) is 4.17. The molecular weight excluding hydrogens is 270 g/mol. The van der Waals surface area contributed by atoms with Crippen LogP contribution < -0.4 is 0 Å². The summed E-state index contributed by atoms with van der Waals surface area (Å²) >= 11 is 6.12. The molecule has 0 aliphatic carbocycles. The Morgan fingerprint density at radius 1 is 0.900 bits per heavy atom. The van der Waals surface area contributed by atoms with Gasteiger partial charge in [-0.2, -0.15) is 0 Å². The molecule has 20 heavy (non-hydrogen) atoms. The van der Waals surface area contributed by atoms with Gasteiger partial charge in [-0.25, -0.2) is 9.97 Å². The molecule has 1 aromatic carbocycles. The molecule has 98 valence electrons. The maximum Gasteiger partial charge on any atom is 0.161 e. The fourth-order valence-electron chi connectivity index (χ4n) is 1.99. The van der Waals surface area contributed by atoms with Gasteiger partial charge in [0.15, 0.2) is 5.82 Å². The van der Waals surface area contributed by atoms with E-state index in [-0.39, 0.29) is 0 Å². The van der Waals surface area contributed by atoms with Crippen LogP contribution >= 0.6 is 11.6 Å². The fourth-order valence-corrected chi connectivity index (χ4v) is 2.17. The highest BCUT2D eigenvalue weighted by Crippen LogP contribution is 2.24. The lowest BCUT2D eigenvalue weighted by atomic mass is 10.1. The van der Waals surface area contributed by atoms with E-state index in [1.807, 2.05) is 49.4 Å². The second-order valence-electron chi connectivity index (χ2n) is 4.45. The van der Waals surface area contributed by atoms with Gasteiger partial charge >= 0.3 is 0 Å². The molecule has 0 amide bonds. The number of hydrogen-bond acceptors (Lipinski definition) is 3. The van der Waals surface area contributed by atoms with Crippen molar-refractivity contribution in [2.75, 3.05) is 0 Å². The Morgan fingerprint density at radius 2 is 1.70 bits per heavy atom. The largest absolute Gasteiger partial charge is 0.262 e. The highest BCUT2D eigenvalue weighted by atomic mass is 35.5.